The molecule has 0 heterocycles. The average Bonchev–Trinajstić information content (AvgIpc) is 2.74. The zero-order chi connectivity index (χ0) is 21.5. The van der Waals surface area contributed by atoms with E-state index in [4.69, 9.17) is 4.74 Å². The van der Waals surface area contributed by atoms with E-state index >= 15 is 0 Å². The fourth-order valence-corrected chi connectivity index (χ4v) is 3.13. The van der Waals surface area contributed by atoms with Crippen LogP contribution in [0.1, 0.15) is 27.0 Å². The lowest BCUT2D eigenvalue weighted by molar-refractivity contribution is -0.133. The first-order valence-electron chi connectivity index (χ1n) is 9.82. The van der Waals surface area contributed by atoms with Crippen LogP contribution in [0.2, 0.25) is 0 Å². The molecule has 1 N–H and O–H groups in total. The number of rotatable bonds is 7. The maximum absolute atomic E-state index is 12.6. The Kier molecular flexibility index (Phi) is 6.86. The lowest BCUT2D eigenvalue weighted by Gasteiger charge is -2.19. The van der Waals surface area contributed by atoms with Gasteiger partial charge in [0.15, 0.2) is 6.61 Å². The molecule has 0 spiro atoms. The predicted molar refractivity (Wildman–Crippen MR) is 119 cm³/mol. The van der Waals surface area contributed by atoms with Gasteiger partial charge in [0.05, 0.1) is 11.3 Å². The molecule has 3 aromatic carbocycles. The molecule has 0 fully saturated rings. The van der Waals surface area contributed by atoms with Crippen LogP contribution in [0, 0.1) is 13.8 Å². The van der Waals surface area contributed by atoms with Gasteiger partial charge in [-0.15, -0.1) is 0 Å². The molecule has 0 saturated heterocycles. The maximum Gasteiger partial charge on any atom is 0.340 e. The minimum absolute atomic E-state index is 0.253. The predicted octanol–water partition coefficient (Wildman–Crippen LogP) is 4.86. The molecular formula is C25H26N2O3. The summed E-state index contributed by atoms with van der Waals surface area (Å²) in [6.07, 6.45) is 0. The smallest absolute Gasteiger partial charge is 0.340 e. The Labute approximate surface area is 177 Å². The highest BCUT2D eigenvalue weighted by Crippen LogP contribution is 2.21. The zero-order valence-corrected chi connectivity index (χ0v) is 17.5. The molecular weight excluding hydrogens is 376 g/mol. The SMILES string of the molecule is Cc1ccc(CN(C)C(=O)COC(=O)c2ccccc2Nc2ccccc2)c(C)c1. The van der Waals surface area contributed by atoms with Gasteiger partial charge >= 0.3 is 5.97 Å². The number of anilines is 2. The van der Waals surface area contributed by atoms with E-state index in [2.05, 4.69) is 11.4 Å². The van der Waals surface area contributed by atoms with E-state index in [9.17, 15) is 9.59 Å². The molecule has 0 saturated carbocycles. The molecule has 1 amide bonds. The Bertz CT molecular complexity index is 1030. The van der Waals surface area contributed by atoms with Crippen molar-refractivity contribution in [1.29, 1.82) is 0 Å². The number of likely N-dealkylation sites (N-methyl/N-ethyl adjacent to an activating group) is 1. The molecule has 0 bridgehead atoms. The maximum atomic E-state index is 12.6. The van der Waals surface area contributed by atoms with Crippen LogP contribution >= 0.6 is 0 Å². The minimum atomic E-state index is -0.540. The summed E-state index contributed by atoms with van der Waals surface area (Å²) in [6.45, 7) is 4.22. The third-order valence-electron chi connectivity index (χ3n) is 4.86. The van der Waals surface area contributed by atoms with Gasteiger partial charge < -0.3 is 15.0 Å². The summed E-state index contributed by atoms with van der Waals surface area (Å²) in [5, 5.41) is 3.21. The summed E-state index contributed by atoms with van der Waals surface area (Å²) in [4.78, 5) is 26.6. The van der Waals surface area contributed by atoms with Gasteiger partial charge in [-0.25, -0.2) is 4.79 Å². The van der Waals surface area contributed by atoms with E-state index in [1.54, 1.807) is 30.1 Å². The number of hydrogen-bond acceptors (Lipinski definition) is 4. The second-order valence-electron chi connectivity index (χ2n) is 7.29. The number of esters is 1. The van der Waals surface area contributed by atoms with E-state index in [1.165, 1.54) is 5.56 Å². The summed E-state index contributed by atoms with van der Waals surface area (Å²) >= 11 is 0. The Morgan fingerprint density at radius 1 is 0.933 bits per heavy atom. The standard InChI is InChI=1S/C25H26N2O3/c1-18-13-14-20(19(2)15-18)16-27(3)24(28)17-30-25(29)22-11-7-8-12-23(22)26-21-9-5-4-6-10-21/h4-15,26H,16-17H2,1-3H3. The molecule has 0 unspecified atom stereocenters. The van der Waals surface area contributed by atoms with Gasteiger partial charge in [0.1, 0.15) is 0 Å². The molecule has 3 aromatic rings. The van der Waals surface area contributed by atoms with Crippen LogP contribution in [-0.2, 0) is 16.1 Å². The number of carbonyl (C=O) groups is 2. The van der Waals surface area contributed by atoms with Crippen molar-refractivity contribution in [2.45, 2.75) is 20.4 Å². The van der Waals surface area contributed by atoms with E-state index in [-0.39, 0.29) is 12.5 Å². The Hall–Kier alpha value is -3.60. The first-order chi connectivity index (χ1) is 14.4. The lowest BCUT2D eigenvalue weighted by Crippen LogP contribution is -2.31. The first kappa shape index (κ1) is 21.1. The van der Waals surface area contributed by atoms with Gasteiger partial charge in [0.2, 0.25) is 0 Å². The van der Waals surface area contributed by atoms with E-state index in [0.717, 1.165) is 16.8 Å². The summed E-state index contributed by atoms with van der Waals surface area (Å²) in [5.41, 5.74) is 5.26. The fourth-order valence-electron chi connectivity index (χ4n) is 3.13. The number of para-hydroxylation sites is 2. The second-order valence-corrected chi connectivity index (χ2v) is 7.29. The minimum Gasteiger partial charge on any atom is -0.452 e. The monoisotopic (exact) mass is 402 g/mol. The topological polar surface area (TPSA) is 58.6 Å². The van der Waals surface area contributed by atoms with Gasteiger partial charge in [0, 0.05) is 19.3 Å². The quantitative estimate of drug-likeness (QED) is 0.573. The second kappa shape index (κ2) is 9.74. The lowest BCUT2D eigenvalue weighted by atomic mass is 10.1. The van der Waals surface area contributed by atoms with Gasteiger partial charge in [0.25, 0.3) is 5.91 Å². The van der Waals surface area contributed by atoms with Crippen molar-refractivity contribution in [3.8, 4) is 0 Å². The van der Waals surface area contributed by atoms with Gasteiger partial charge in [-0.3, -0.25) is 4.79 Å². The highest BCUT2D eigenvalue weighted by Gasteiger charge is 2.17. The molecule has 0 aromatic heterocycles. The largest absolute Gasteiger partial charge is 0.452 e. The van der Waals surface area contributed by atoms with Crippen molar-refractivity contribution in [3.63, 3.8) is 0 Å². The Morgan fingerprint density at radius 2 is 1.63 bits per heavy atom. The molecule has 0 aliphatic heterocycles. The number of nitrogens with zero attached hydrogens (tertiary/aromatic N) is 1. The highest BCUT2D eigenvalue weighted by atomic mass is 16.5. The summed E-state index contributed by atoms with van der Waals surface area (Å²) in [5.74, 6) is -0.792. The molecule has 3 rings (SSSR count). The van der Waals surface area contributed by atoms with Crippen molar-refractivity contribution in [2.24, 2.45) is 0 Å². The first-order valence-corrected chi connectivity index (χ1v) is 9.82. The van der Waals surface area contributed by atoms with Crippen molar-refractivity contribution >= 4 is 23.3 Å². The van der Waals surface area contributed by atoms with Crippen LogP contribution < -0.4 is 5.32 Å². The van der Waals surface area contributed by atoms with Crippen molar-refractivity contribution in [3.05, 3.63) is 95.1 Å². The molecule has 0 radical (unpaired) electrons. The number of ether oxygens (including phenoxy) is 1. The van der Waals surface area contributed by atoms with Gasteiger partial charge in [-0.1, -0.05) is 54.1 Å². The number of nitrogens with one attached hydrogen (secondary N) is 1. The van der Waals surface area contributed by atoms with Crippen LogP contribution in [0.25, 0.3) is 0 Å². The van der Waals surface area contributed by atoms with Crippen LogP contribution in [0.5, 0.6) is 0 Å². The zero-order valence-electron chi connectivity index (χ0n) is 17.5. The van der Waals surface area contributed by atoms with E-state index in [1.807, 2.05) is 62.4 Å². The third kappa shape index (κ3) is 5.47. The number of carbonyl (C=O) groups excluding carboxylic acids is 2. The number of benzene rings is 3. The van der Waals surface area contributed by atoms with Crippen molar-refractivity contribution < 1.29 is 14.3 Å². The molecule has 30 heavy (non-hydrogen) atoms. The Balaban J connectivity index is 1.60. The van der Waals surface area contributed by atoms with Crippen molar-refractivity contribution in [1.82, 2.24) is 4.90 Å². The number of aryl methyl sites for hydroxylation is 2. The Morgan fingerprint density at radius 3 is 2.37 bits per heavy atom. The average molecular weight is 402 g/mol. The summed E-state index contributed by atoms with van der Waals surface area (Å²) in [7, 11) is 1.71. The third-order valence-corrected chi connectivity index (χ3v) is 4.86. The van der Waals surface area contributed by atoms with Gasteiger partial charge in [-0.05, 0) is 49.2 Å². The van der Waals surface area contributed by atoms with E-state index < -0.39 is 5.97 Å². The fraction of sp³-hybridized carbons (Fsp3) is 0.200. The summed E-state index contributed by atoms with van der Waals surface area (Å²) < 4.78 is 5.31. The van der Waals surface area contributed by atoms with E-state index in [0.29, 0.717) is 17.8 Å². The van der Waals surface area contributed by atoms with Crippen LogP contribution in [0.3, 0.4) is 0 Å². The van der Waals surface area contributed by atoms with Crippen LogP contribution in [0.4, 0.5) is 11.4 Å². The molecule has 154 valence electrons. The number of hydrogen-bond donors (Lipinski definition) is 1. The normalized spacial score (nSPS) is 10.4. The molecule has 0 aliphatic rings. The van der Waals surface area contributed by atoms with Crippen LogP contribution in [-0.4, -0.2) is 30.4 Å². The number of amides is 1. The van der Waals surface area contributed by atoms with Crippen LogP contribution in [0.15, 0.2) is 72.8 Å². The highest BCUT2D eigenvalue weighted by molar-refractivity contribution is 5.97. The molecule has 0 aliphatic carbocycles. The summed E-state index contributed by atoms with van der Waals surface area (Å²) in [6, 6.07) is 22.8. The molecule has 5 heteroatoms. The van der Waals surface area contributed by atoms with Crippen molar-refractivity contribution in [2.75, 3.05) is 19.0 Å². The van der Waals surface area contributed by atoms with Gasteiger partial charge in [-0.2, -0.15) is 0 Å². The molecule has 0 atom stereocenters. The molecule has 5 nitrogen and oxygen atoms in total.